The lowest BCUT2D eigenvalue weighted by Crippen LogP contribution is -2.65. The molecule has 1 aliphatic carbocycles. The first-order valence-electron chi connectivity index (χ1n) is 10.3. The topological polar surface area (TPSA) is 69.0 Å². The fraction of sp³-hybridized carbons (Fsp3) is 0.478. The molecular weight excluding hydrogens is 362 g/mol. The summed E-state index contributed by atoms with van der Waals surface area (Å²) < 4.78 is 0. The average Bonchev–Trinajstić information content (AvgIpc) is 2.73. The molecule has 1 N–H and O–H groups in total. The van der Waals surface area contributed by atoms with E-state index in [0.717, 1.165) is 42.5 Å². The van der Waals surface area contributed by atoms with Crippen molar-refractivity contribution in [3.8, 4) is 0 Å². The number of rotatable bonds is 7. The van der Waals surface area contributed by atoms with E-state index in [-0.39, 0.29) is 11.1 Å². The predicted molar refractivity (Wildman–Crippen MR) is 118 cm³/mol. The molecule has 1 saturated carbocycles. The maximum absolute atomic E-state index is 12.2. The molecule has 148 valence electrons. The first-order chi connectivity index (χ1) is 13.5. The Balaban J connectivity index is 1.84. The quantitative estimate of drug-likeness (QED) is 0.300. The lowest BCUT2D eigenvalue weighted by Gasteiger charge is -2.42. The SMILES string of the molecule is CC(C)(CCC1CCC[C@H](N=[N+]=[N-])C1)[Si](O)(c1ccccc1)c1ccccc1. The van der Waals surface area contributed by atoms with E-state index in [1.54, 1.807) is 0 Å². The largest absolute Gasteiger partial charge is 0.424 e. The molecule has 2 aromatic carbocycles. The molecule has 0 heterocycles. The van der Waals surface area contributed by atoms with E-state index >= 15 is 0 Å². The molecule has 0 amide bonds. The molecule has 2 aromatic rings. The smallest absolute Gasteiger partial charge is 0.258 e. The van der Waals surface area contributed by atoms with Gasteiger partial charge in [-0.3, -0.25) is 0 Å². The third-order valence-electron chi connectivity index (χ3n) is 6.51. The third-order valence-corrected chi connectivity index (χ3v) is 11.1. The number of benzene rings is 2. The van der Waals surface area contributed by atoms with Crippen molar-refractivity contribution in [3.05, 3.63) is 71.1 Å². The van der Waals surface area contributed by atoms with Gasteiger partial charge < -0.3 is 4.80 Å². The van der Waals surface area contributed by atoms with Gasteiger partial charge >= 0.3 is 0 Å². The molecule has 4 nitrogen and oxygen atoms in total. The normalized spacial score (nSPS) is 20.4. The molecule has 28 heavy (non-hydrogen) atoms. The van der Waals surface area contributed by atoms with Crippen LogP contribution in [0.25, 0.3) is 10.4 Å². The maximum Gasteiger partial charge on any atom is 0.258 e. The molecule has 2 atom stereocenters. The zero-order valence-electron chi connectivity index (χ0n) is 17.0. The Bertz CT molecular complexity index is 764. The molecular formula is C23H31N3OSi. The average molecular weight is 394 g/mol. The van der Waals surface area contributed by atoms with Crippen LogP contribution >= 0.6 is 0 Å². The number of azide groups is 1. The molecule has 1 aliphatic rings. The number of hydrogen-bond acceptors (Lipinski definition) is 2. The van der Waals surface area contributed by atoms with Crippen LogP contribution in [-0.4, -0.2) is 19.2 Å². The van der Waals surface area contributed by atoms with Crippen LogP contribution in [0.3, 0.4) is 0 Å². The van der Waals surface area contributed by atoms with Gasteiger partial charge in [-0.05, 0) is 46.1 Å². The second-order valence-corrected chi connectivity index (χ2v) is 12.7. The highest BCUT2D eigenvalue weighted by molar-refractivity contribution is 6.98. The van der Waals surface area contributed by atoms with E-state index in [1.165, 1.54) is 6.42 Å². The van der Waals surface area contributed by atoms with Gasteiger partial charge in [0.1, 0.15) is 0 Å². The van der Waals surface area contributed by atoms with Crippen LogP contribution in [0.2, 0.25) is 5.04 Å². The minimum atomic E-state index is -2.93. The van der Waals surface area contributed by atoms with Crippen molar-refractivity contribution in [2.75, 3.05) is 0 Å². The Hall–Kier alpha value is -2.07. The summed E-state index contributed by atoms with van der Waals surface area (Å²) in [6.45, 7) is 4.46. The fourth-order valence-electron chi connectivity index (χ4n) is 4.76. The summed E-state index contributed by atoms with van der Waals surface area (Å²) in [5.74, 6) is 0.577. The van der Waals surface area contributed by atoms with Crippen molar-refractivity contribution in [2.24, 2.45) is 11.0 Å². The zero-order valence-corrected chi connectivity index (χ0v) is 18.0. The molecule has 0 spiro atoms. The highest BCUT2D eigenvalue weighted by atomic mass is 28.4. The number of hydrogen-bond donors (Lipinski definition) is 1. The fourth-order valence-corrected chi connectivity index (χ4v) is 8.51. The molecule has 0 aromatic heterocycles. The van der Waals surface area contributed by atoms with Gasteiger partial charge in [0.05, 0.1) is 0 Å². The second kappa shape index (κ2) is 8.95. The van der Waals surface area contributed by atoms with E-state index in [1.807, 2.05) is 36.4 Å². The Morgan fingerprint density at radius 1 is 1.04 bits per heavy atom. The minimum Gasteiger partial charge on any atom is -0.424 e. The van der Waals surface area contributed by atoms with Crippen molar-refractivity contribution >= 4 is 18.7 Å². The summed E-state index contributed by atoms with van der Waals surface area (Å²) in [7, 11) is -2.93. The first kappa shape index (κ1) is 20.7. The van der Waals surface area contributed by atoms with Crippen molar-refractivity contribution < 1.29 is 4.80 Å². The summed E-state index contributed by atoms with van der Waals surface area (Å²) in [6, 6.07) is 20.6. The van der Waals surface area contributed by atoms with Crippen LogP contribution in [0.5, 0.6) is 0 Å². The molecule has 1 unspecified atom stereocenters. The molecule has 0 aliphatic heterocycles. The lowest BCUT2D eigenvalue weighted by molar-refractivity contribution is 0.287. The highest BCUT2D eigenvalue weighted by Crippen LogP contribution is 2.42. The van der Waals surface area contributed by atoms with Crippen LogP contribution < -0.4 is 10.4 Å². The Labute approximate surface area is 169 Å². The van der Waals surface area contributed by atoms with Crippen molar-refractivity contribution in [1.29, 1.82) is 0 Å². The minimum absolute atomic E-state index is 0.145. The predicted octanol–water partition coefficient (Wildman–Crippen LogP) is 5.17. The summed E-state index contributed by atoms with van der Waals surface area (Å²) in [5, 5.41) is 5.90. The Morgan fingerprint density at radius 3 is 2.14 bits per heavy atom. The molecule has 0 saturated heterocycles. The Morgan fingerprint density at radius 2 is 1.61 bits per heavy atom. The van der Waals surface area contributed by atoms with Crippen molar-refractivity contribution in [1.82, 2.24) is 0 Å². The van der Waals surface area contributed by atoms with Gasteiger partial charge in [-0.1, -0.05) is 98.9 Å². The molecule has 0 radical (unpaired) electrons. The van der Waals surface area contributed by atoms with Gasteiger partial charge in [-0.25, -0.2) is 0 Å². The van der Waals surface area contributed by atoms with Crippen LogP contribution in [0.15, 0.2) is 65.8 Å². The molecule has 3 rings (SSSR count). The molecule has 0 bridgehead atoms. The third kappa shape index (κ3) is 4.32. The van der Waals surface area contributed by atoms with Crippen LogP contribution in [0.1, 0.15) is 52.4 Å². The maximum atomic E-state index is 12.2. The lowest BCUT2D eigenvalue weighted by atomic mass is 9.82. The van der Waals surface area contributed by atoms with Gasteiger partial charge in [-0.2, -0.15) is 0 Å². The van der Waals surface area contributed by atoms with E-state index < -0.39 is 8.32 Å². The summed E-state index contributed by atoms with van der Waals surface area (Å²) >= 11 is 0. The zero-order chi connectivity index (χ0) is 20.0. The Kier molecular flexibility index (Phi) is 6.60. The highest BCUT2D eigenvalue weighted by Gasteiger charge is 2.49. The monoisotopic (exact) mass is 393 g/mol. The van der Waals surface area contributed by atoms with Crippen LogP contribution in [-0.2, 0) is 0 Å². The van der Waals surface area contributed by atoms with E-state index in [4.69, 9.17) is 5.53 Å². The van der Waals surface area contributed by atoms with Crippen molar-refractivity contribution in [2.45, 2.75) is 63.5 Å². The van der Waals surface area contributed by atoms with Crippen molar-refractivity contribution in [3.63, 3.8) is 0 Å². The van der Waals surface area contributed by atoms with Gasteiger partial charge in [0.15, 0.2) is 0 Å². The molecule has 5 heteroatoms. The summed E-state index contributed by atoms with van der Waals surface area (Å²) in [4.78, 5) is 15.2. The summed E-state index contributed by atoms with van der Waals surface area (Å²) in [5.41, 5.74) is 8.75. The standard InChI is InChI=1S/C23H31N3OSi/c1-23(2,17-16-19-10-9-11-20(18-19)25-26-24)28(27,21-12-5-3-6-13-21)22-14-7-4-8-15-22/h3-8,12-15,19-20,27H,9-11,16-18H2,1-2H3/t19?,20-/m0/s1. The first-order valence-corrected chi connectivity index (χ1v) is 12.3. The van der Waals surface area contributed by atoms with Crippen LogP contribution in [0.4, 0.5) is 0 Å². The number of nitrogens with zero attached hydrogens (tertiary/aromatic N) is 3. The van der Waals surface area contributed by atoms with Gasteiger partial charge in [0.25, 0.3) is 8.32 Å². The van der Waals surface area contributed by atoms with E-state index in [9.17, 15) is 4.80 Å². The van der Waals surface area contributed by atoms with Gasteiger partial charge in [0, 0.05) is 11.0 Å². The second-order valence-electron chi connectivity index (χ2n) is 8.76. The van der Waals surface area contributed by atoms with Gasteiger partial charge in [-0.15, -0.1) is 0 Å². The summed E-state index contributed by atoms with van der Waals surface area (Å²) in [6.07, 6.45) is 6.36. The molecule has 1 fully saturated rings. The van der Waals surface area contributed by atoms with Crippen LogP contribution in [0, 0.1) is 5.92 Å². The van der Waals surface area contributed by atoms with E-state index in [0.29, 0.717) is 5.92 Å². The van der Waals surface area contributed by atoms with Gasteiger partial charge in [0.2, 0.25) is 0 Å². The van der Waals surface area contributed by atoms with E-state index in [2.05, 4.69) is 48.1 Å².